The van der Waals surface area contributed by atoms with E-state index in [4.69, 9.17) is 5.11 Å². The van der Waals surface area contributed by atoms with Gasteiger partial charge in [0, 0.05) is 17.8 Å². The van der Waals surface area contributed by atoms with E-state index < -0.39 is 5.97 Å². The van der Waals surface area contributed by atoms with E-state index in [2.05, 4.69) is 11.1 Å². The van der Waals surface area contributed by atoms with Gasteiger partial charge in [0.2, 0.25) is 0 Å². The molecule has 5 nitrogen and oxygen atoms in total. The standard InChI is InChI=1S/C16H10FN3O2/c1-9-4-12-11(6-18)8-20(14(12)5-13(9)17)15-3-2-10(7-19-15)16(21)22/h2-5,7-8H,1H3,(H,21,22). The van der Waals surface area contributed by atoms with Crippen molar-refractivity contribution in [1.82, 2.24) is 9.55 Å². The van der Waals surface area contributed by atoms with Crippen molar-refractivity contribution in [3.63, 3.8) is 0 Å². The topological polar surface area (TPSA) is 78.9 Å². The number of hydrogen-bond donors (Lipinski definition) is 1. The number of hydrogen-bond acceptors (Lipinski definition) is 3. The summed E-state index contributed by atoms with van der Waals surface area (Å²) in [5.41, 5.74) is 1.43. The number of nitriles is 1. The van der Waals surface area contributed by atoms with E-state index in [1.165, 1.54) is 24.4 Å². The van der Waals surface area contributed by atoms with Crippen molar-refractivity contribution < 1.29 is 14.3 Å². The van der Waals surface area contributed by atoms with Crippen LogP contribution >= 0.6 is 0 Å². The van der Waals surface area contributed by atoms with Gasteiger partial charge in [-0.15, -0.1) is 0 Å². The molecule has 108 valence electrons. The van der Waals surface area contributed by atoms with Crippen LogP contribution in [-0.2, 0) is 0 Å². The minimum atomic E-state index is -1.07. The first-order chi connectivity index (χ1) is 10.5. The summed E-state index contributed by atoms with van der Waals surface area (Å²) in [5.74, 6) is -1.03. The number of nitrogens with zero attached hydrogens (tertiary/aromatic N) is 3. The number of pyridine rings is 1. The normalized spacial score (nSPS) is 10.6. The summed E-state index contributed by atoms with van der Waals surface area (Å²) in [7, 11) is 0. The molecule has 0 aliphatic carbocycles. The molecule has 2 aromatic heterocycles. The molecule has 1 aromatic carbocycles. The van der Waals surface area contributed by atoms with Gasteiger partial charge in [-0.1, -0.05) is 0 Å². The van der Waals surface area contributed by atoms with Crippen LogP contribution in [0.4, 0.5) is 4.39 Å². The van der Waals surface area contributed by atoms with E-state index in [-0.39, 0.29) is 11.4 Å². The number of benzene rings is 1. The summed E-state index contributed by atoms with van der Waals surface area (Å²) < 4.78 is 15.4. The van der Waals surface area contributed by atoms with Gasteiger partial charge in [0.1, 0.15) is 17.7 Å². The van der Waals surface area contributed by atoms with Crippen molar-refractivity contribution >= 4 is 16.9 Å². The molecule has 0 saturated heterocycles. The van der Waals surface area contributed by atoms with E-state index in [1.807, 2.05) is 0 Å². The first-order valence-corrected chi connectivity index (χ1v) is 6.42. The van der Waals surface area contributed by atoms with Gasteiger partial charge in [-0.05, 0) is 36.8 Å². The van der Waals surface area contributed by atoms with E-state index in [0.29, 0.717) is 27.8 Å². The van der Waals surface area contributed by atoms with Crippen LogP contribution in [-0.4, -0.2) is 20.6 Å². The third-order valence-electron chi connectivity index (χ3n) is 3.45. The summed E-state index contributed by atoms with van der Waals surface area (Å²) in [4.78, 5) is 14.9. The van der Waals surface area contributed by atoms with Gasteiger partial charge in [-0.2, -0.15) is 5.26 Å². The van der Waals surface area contributed by atoms with Gasteiger partial charge in [0.15, 0.2) is 0 Å². The number of carboxylic acid groups (broad SMARTS) is 1. The van der Waals surface area contributed by atoms with Gasteiger partial charge >= 0.3 is 5.97 Å². The lowest BCUT2D eigenvalue weighted by molar-refractivity contribution is 0.0696. The minimum absolute atomic E-state index is 0.0581. The molecule has 0 atom stereocenters. The number of halogens is 1. The lowest BCUT2D eigenvalue weighted by Crippen LogP contribution is -2.01. The van der Waals surface area contributed by atoms with Crippen LogP contribution in [0.3, 0.4) is 0 Å². The second kappa shape index (κ2) is 4.97. The third kappa shape index (κ3) is 2.09. The molecule has 2 heterocycles. The first kappa shape index (κ1) is 13.8. The fourth-order valence-corrected chi connectivity index (χ4v) is 2.29. The fraction of sp³-hybridized carbons (Fsp3) is 0.0625. The Morgan fingerprint density at radius 3 is 2.77 bits per heavy atom. The summed E-state index contributed by atoms with van der Waals surface area (Å²) in [6.45, 7) is 1.63. The smallest absolute Gasteiger partial charge is 0.337 e. The zero-order valence-corrected chi connectivity index (χ0v) is 11.5. The molecule has 6 heteroatoms. The molecule has 3 rings (SSSR count). The Kier molecular flexibility index (Phi) is 3.11. The van der Waals surface area contributed by atoms with Crippen LogP contribution in [0.2, 0.25) is 0 Å². The second-order valence-corrected chi connectivity index (χ2v) is 4.85. The molecule has 0 radical (unpaired) electrons. The number of aromatic nitrogens is 2. The number of carboxylic acids is 1. The molecule has 0 bridgehead atoms. The SMILES string of the molecule is Cc1cc2c(C#N)cn(-c3ccc(C(=O)O)cn3)c2cc1F. The molecule has 0 amide bonds. The highest BCUT2D eigenvalue weighted by atomic mass is 19.1. The Morgan fingerprint density at radius 1 is 1.41 bits per heavy atom. The summed E-state index contributed by atoms with van der Waals surface area (Å²) in [5, 5.41) is 18.7. The fourth-order valence-electron chi connectivity index (χ4n) is 2.29. The maximum Gasteiger partial charge on any atom is 0.337 e. The van der Waals surface area contributed by atoms with E-state index in [9.17, 15) is 14.4 Å². The third-order valence-corrected chi connectivity index (χ3v) is 3.45. The Balaban J connectivity index is 2.24. The second-order valence-electron chi connectivity index (χ2n) is 4.85. The van der Waals surface area contributed by atoms with Gasteiger partial charge in [0.25, 0.3) is 0 Å². The average Bonchev–Trinajstić information content (AvgIpc) is 2.85. The van der Waals surface area contributed by atoms with Crippen molar-refractivity contribution in [2.75, 3.05) is 0 Å². The lowest BCUT2D eigenvalue weighted by atomic mass is 10.1. The molecule has 22 heavy (non-hydrogen) atoms. The van der Waals surface area contributed by atoms with Crippen molar-refractivity contribution in [2.24, 2.45) is 0 Å². The van der Waals surface area contributed by atoms with Gasteiger partial charge in [-0.3, -0.25) is 4.57 Å². The zero-order valence-electron chi connectivity index (χ0n) is 11.5. The molecular formula is C16H10FN3O2. The van der Waals surface area contributed by atoms with Crippen LogP contribution in [0.5, 0.6) is 0 Å². The largest absolute Gasteiger partial charge is 0.478 e. The lowest BCUT2D eigenvalue weighted by Gasteiger charge is -2.05. The van der Waals surface area contributed by atoms with E-state index >= 15 is 0 Å². The highest BCUT2D eigenvalue weighted by Gasteiger charge is 2.13. The number of fused-ring (bicyclic) bond motifs is 1. The minimum Gasteiger partial charge on any atom is -0.478 e. The predicted octanol–water partition coefficient (Wildman–Crippen LogP) is 3.04. The zero-order chi connectivity index (χ0) is 15.9. The van der Waals surface area contributed by atoms with Crippen LogP contribution in [0.1, 0.15) is 21.5 Å². The number of aromatic carboxylic acids is 1. The van der Waals surface area contributed by atoms with Crippen molar-refractivity contribution in [2.45, 2.75) is 6.92 Å². The van der Waals surface area contributed by atoms with Crippen molar-refractivity contribution in [3.05, 3.63) is 59.2 Å². The maximum absolute atomic E-state index is 13.8. The first-order valence-electron chi connectivity index (χ1n) is 6.42. The molecule has 0 aliphatic heterocycles. The van der Waals surface area contributed by atoms with Crippen LogP contribution in [0.15, 0.2) is 36.7 Å². The average molecular weight is 295 g/mol. The van der Waals surface area contributed by atoms with Crippen LogP contribution in [0.25, 0.3) is 16.7 Å². The molecule has 0 spiro atoms. The number of aryl methyl sites for hydroxylation is 1. The molecule has 0 unspecified atom stereocenters. The van der Waals surface area contributed by atoms with Gasteiger partial charge < -0.3 is 5.11 Å². The Bertz CT molecular complexity index is 937. The number of rotatable bonds is 2. The van der Waals surface area contributed by atoms with Crippen molar-refractivity contribution in [3.8, 4) is 11.9 Å². The van der Waals surface area contributed by atoms with E-state index in [1.54, 1.807) is 23.8 Å². The summed E-state index contributed by atoms with van der Waals surface area (Å²) in [6, 6.07) is 7.96. The summed E-state index contributed by atoms with van der Waals surface area (Å²) >= 11 is 0. The summed E-state index contributed by atoms with van der Waals surface area (Å²) in [6.07, 6.45) is 2.78. The maximum atomic E-state index is 13.8. The predicted molar refractivity (Wildman–Crippen MR) is 77.4 cm³/mol. The van der Waals surface area contributed by atoms with Crippen molar-refractivity contribution in [1.29, 1.82) is 5.26 Å². The van der Waals surface area contributed by atoms with Crippen LogP contribution in [0, 0.1) is 24.1 Å². The highest BCUT2D eigenvalue weighted by molar-refractivity contribution is 5.89. The van der Waals surface area contributed by atoms with E-state index in [0.717, 1.165) is 0 Å². The molecule has 0 saturated carbocycles. The quantitative estimate of drug-likeness (QED) is 0.788. The molecule has 1 N–H and O–H groups in total. The molecular weight excluding hydrogens is 285 g/mol. The van der Waals surface area contributed by atoms with Gasteiger partial charge in [0.05, 0.1) is 16.6 Å². The number of carbonyl (C=O) groups is 1. The highest BCUT2D eigenvalue weighted by Crippen LogP contribution is 2.26. The monoisotopic (exact) mass is 295 g/mol. The van der Waals surface area contributed by atoms with Gasteiger partial charge in [-0.25, -0.2) is 14.2 Å². The Labute approximate surface area is 124 Å². The molecule has 3 aromatic rings. The molecule has 0 fully saturated rings. The van der Waals surface area contributed by atoms with Crippen LogP contribution < -0.4 is 0 Å². The Hall–Kier alpha value is -3.20. The molecule has 0 aliphatic rings. The Morgan fingerprint density at radius 2 is 2.18 bits per heavy atom.